The average Bonchev–Trinajstić information content (AvgIpc) is 2.90. The van der Waals surface area contributed by atoms with Crippen molar-refractivity contribution >= 4 is 29.8 Å². The van der Waals surface area contributed by atoms with Gasteiger partial charge in [0.25, 0.3) is 5.91 Å². The van der Waals surface area contributed by atoms with E-state index in [4.69, 9.17) is 24.2 Å². The van der Waals surface area contributed by atoms with Crippen LogP contribution in [-0.2, 0) is 24.5 Å². The van der Waals surface area contributed by atoms with Crippen LogP contribution in [0.5, 0.6) is 0 Å². The van der Waals surface area contributed by atoms with Gasteiger partial charge in [-0.1, -0.05) is 0 Å². The summed E-state index contributed by atoms with van der Waals surface area (Å²) in [6, 6.07) is 7.36. The number of halogens is 2. The van der Waals surface area contributed by atoms with Gasteiger partial charge in [0.2, 0.25) is 0 Å². The molecule has 2 heterocycles. The number of imide groups is 1. The van der Waals surface area contributed by atoms with E-state index in [9.17, 15) is 14.4 Å². The van der Waals surface area contributed by atoms with Crippen LogP contribution >= 0.6 is 0 Å². The Morgan fingerprint density at radius 1 is 1.09 bits per heavy atom. The van der Waals surface area contributed by atoms with Gasteiger partial charge in [-0.2, -0.15) is 5.26 Å². The number of nitrogens with one attached hydrogen (secondary N) is 1. The van der Waals surface area contributed by atoms with Crippen molar-refractivity contribution in [2.24, 2.45) is 4.99 Å². The maximum absolute atomic E-state index is 16.2. The normalized spacial score (nSPS) is 20.0. The molecule has 1 aliphatic rings. The molecule has 3 atom stereocenters. The SMILES string of the molecule is COC[C@H]1OC(N(C(=O)OC(C)(C)C)C(=O)OC(C)(C)C)=N[C@](C)(c2cc(NC(=O)c3ccc(C#N)cn3)ccc2F)[C@H]1F. The lowest BCUT2D eigenvalue weighted by Gasteiger charge is -2.40. The number of aliphatic imine (C=N–C) groups is 1. The molecule has 14 heteroatoms. The Balaban J connectivity index is 2.12. The van der Waals surface area contributed by atoms with Gasteiger partial charge in [-0.15, -0.1) is 4.90 Å². The zero-order chi connectivity index (χ0) is 33.0. The number of methoxy groups -OCH3 is 1. The molecule has 0 unspecified atom stereocenters. The van der Waals surface area contributed by atoms with Gasteiger partial charge in [0.05, 0.1) is 12.2 Å². The lowest BCUT2D eigenvalue weighted by molar-refractivity contribution is -0.0409. The van der Waals surface area contributed by atoms with Crippen molar-refractivity contribution in [3.63, 3.8) is 0 Å². The van der Waals surface area contributed by atoms with Crippen molar-refractivity contribution in [3.05, 3.63) is 59.2 Å². The molecule has 1 aromatic carbocycles. The first-order valence-corrected chi connectivity index (χ1v) is 13.5. The van der Waals surface area contributed by atoms with Crippen LogP contribution in [0.4, 0.5) is 24.1 Å². The molecule has 236 valence electrons. The van der Waals surface area contributed by atoms with Crippen LogP contribution in [0.3, 0.4) is 0 Å². The first kappa shape index (κ1) is 33.9. The number of anilines is 1. The quantitative estimate of drug-likeness (QED) is 0.461. The number of hydrogen-bond acceptors (Lipinski definition) is 10. The highest BCUT2D eigenvalue weighted by Crippen LogP contribution is 2.40. The van der Waals surface area contributed by atoms with Crippen LogP contribution in [0.2, 0.25) is 0 Å². The number of nitriles is 1. The minimum Gasteiger partial charge on any atom is -0.455 e. The number of aromatic nitrogens is 1. The molecule has 1 aliphatic heterocycles. The van der Waals surface area contributed by atoms with Gasteiger partial charge >= 0.3 is 18.2 Å². The maximum atomic E-state index is 16.2. The van der Waals surface area contributed by atoms with Crippen molar-refractivity contribution in [2.75, 3.05) is 19.0 Å². The Hall–Kier alpha value is -4.64. The van der Waals surface area contributed by atoms with E-state index in [2.05, 4.69) is 15.3 Å². The highest BCUT2D eigenvalue weighted by Gasteiger charge is 2.51. The second-order valence-corrected chi connectivity index (χ2v) is 12.0. The molecule has 0 spiro atoms. The number of rotatable bonds is 5. The highest BCUT2D eigenvalue weighted by molar-refractivity contribution is 6.06. The topological polar surface area (TPSA) is 152 Å². The van der Waals surface area contributed by atoms with E-state index in [1.807, 2.05) is 6.07 Å². The second kappa shape index (κ2) is 12.9. The van der Waals surface area contributed by atoms with Crippen LogP contribution in [0.25, 0.3) is 0 Å². The third-order valence-electron chi connectivity index (χ3n) is 6.02. The molecule has 0 bridgehead atoms. The molecule has 0 fully saturated rings. The summed E-state index contributed by atoms with van der Waals surface area (Å²) >= 11 is 0. The van der Waals surface area contributed by atoms with Crippen molar-refractivity contribution in [1.82, 2.24) is 9.88 Å². The predicted molar refractivity (Wildman–Crippen MR) is 154 cm³/mol. The second-order valence-electron chi connectivity index (χ2n) is 12.0. The number of carbonyl (C=O) groups excluding carboxylic acids is 3. The van der Waals surface area contributed by atoms with Crippen LogP contribution in [-0.4, -0.2) is 71.2 Å². The summed E-state index contributed by atoms with van der Waals surface area (Å²) in [6.07, 6.45) is -4.76. The summed E-state index contributed by atoms with van der Waals surface area (Å²) in [5, 5.41) is 11.5. The van der Waals surface area contributed by atoms with Gasteiger partial charge in [0, 0.05) is 24.6 Å². The summed E-state index contributed by atoms with van der Waals surface area (Å²) in [7, 11) is 1.28. The zero-order valence-electron chi connectivity index (χ0n) is 25.7. The predicted octanol–water partition coefficient (Wildman–Crippen LogP) is 5.47. The smallest absolute Gasteiger partial charge is 0.428 e. The Kier molecular flexibility index (Phi) is 9.95. The molecule has 0 radical (unpaired) electrons. The fraction of sp³-hybridized carbons (Fsp3) is 0.467. The standard InChI is InChI=1S/C30H35F2N5O7/c1-28(2,3)43-26(39)37(27(40)44-29(4,5)6)25-36-30(7,23(32)22(42-25)16-41-8)19-13-18(10-11-20(19)31)35-24(38)21-12-9-17(14-33)15-34-21/h9-13,15,22-23H,16H2,1-8H3,(H,35,38)/t22-,23+,30-/m1/s1. The molecular formula is C30H35F2N5O7. The third-order valence-corrected chi connectivity index (χ3v) is 6.02. The number of alkyl halides is 1. The largest absolute Gasteiger partial charge is 0.455 e. The van der Waals surface area contributed by atoms with Gasteiger partial charge in [0.15, 0.2) is 12.3 Å². The van der Waals surface area contributed by atoms with Gasteiger partial charge < -0.3 is 24.3 Å². The van der Waals surface area contributed by atoms with E-state index >= 15 is 8.78 Å². The number of pyridine rings is 1. The fourth-order valence-corrected chi connectivity index (χ4v) is 4.06. The van der Waals surface area contributed by atoms with E-state index < -0.39 is 58.9 Å². The number of benzene rings is 1. The molecular weight excluding hydrogens is 580 g/mol. The molecule has 0 saturated heterocycles. The number of nitrogens with zero attached hydrogens (tertiary/aromatic N) is 4. The molecule has 3 amide bonds. The number of hydrogen-bond donors (Lipinski definition) is 1. The summed E-state index contributed by atoms with van der Waals surface area (Å²) in [6.45, 7) is 10.3. The molecule has 1 N–H and O–H groups in total. The summed E-state index contributed by atoms with van der Waals surface area (Å²) in [5.41, 5.74) is -4.28. The van der Waals surface area contributed by atoms with Crippen LogP contribution < -0.4 is 5.32 Å². The third kappa shape index (κ3) is 8.04. The monoisotopic (exact) mass is 615 g/mol. The van der Waals surface area contributed by atoms with E-state index in [1.54, 1.807) is 41.5 Å². The van der Waals surface area contributed by atoms with E-state index in [1.165, 1.54) is 44.5 Å². The molecule has 44 heavy (non-hydrogen) atoms. The van der Waals surface area contributed by atoms with Crippen molar-refractivity contribution in [1.29, 1.82) is 5.26 Å². The van der Waals surface area contributed by atoms with E-state index in [0.717, 1.165) is 6.07 Å². The van der Waals surface area contributed by atoms with Crippen LogP contribution in [0.15, 0.2) is 41.5 Å². The number of carbonyl (C=O) groups is 3. The summed E-state index contributed by atoms with van der Waals surface area (Å²) in [4.78, 5) is 47.9. The first-order chi connectivity index (χ1) is 20.4. The zero-order valence-corrected chi connectivity index (χ0v) is 25.7. The Morgan fingerprint density at radius 2 is 1.70 bits per heavy atom. The van der Waals surface area contributed by atoms with E-state index in [-0.39, 0.29) is 29.1 Å². The number of amides is 3. The molecule has 12 nitrogen and oxygen atoms in total. The van der Waals surface area contributed by atoms with Gasteiger partial charge in [-0.25, -0.2) is 28.3 Å². The van der Waals surface area contributed by atoms with Gasteiger partial charge in [0.1, 0.15) is 34.3 Å². The molecule has 0 aliphatic carbocycles. The van der Waals surface area contributed by atoms with Crippen LogP contribution in [0, 0.1) is 17.1 Å². The molecule has 2 aromatic rings. The van der Waals surface area contributed by atoms with Gasteiger partial charge in [-0.3, -0.25) is 4.79 Å². The maximum Gasteiger partial charge on any atom is 0.428 e. The fourth-order valence-electron chi connectivity index (χ4n) is 4.06. The summed E-state index contributed by atoms with van der Waals surface area (Å²) < 4.78 is 53.2. The van der Waals surface area contributed by atoms with Crippen LogP contribution in [0.1, 0.15) is 70.1 Å². The molecule has 0 saturated carbocycles. The Bertz CT molecular complexity index is 1450. The Labute approximate surface area is 254 Å². The lowest BCUT2D eigenvalue weighted by atomic mass is 9.83. The lowest BCUT2D eigenvalue weighted by Crippen LogP contribution is -2.56. The molecule has 1 aromatic heterocycles. The first-order valence-electron chi connectivity index (χ1n) is 13.5. The number of ether oxygens (including phenoxy) is 4. The van der Waals surface area contributed by atoms with Gasteiger partial charge in [-0.05, 0) is 78.8 Å². The number of amidine groups is 1. The minimum absolute atomic E-state index is 0.0265. The Morgan fingerprint density at radius 3 is 2.20 bits per heavy atom. The average molecular weight is 616 g/mol. The van der Waals surface area contributed by atoms with Crippen molar-refractivity contribution in [2.45, 2.75) is 77.5 Å². The van der Waals surface area contributed by atoms with Crippen molar-refractivity contribution < 1.29 is 42.1 Å². The van der Waals surface area contributed by atoms with E-state index in [0.29, 0.717) is 4.90 Å². The highest BCUT2D eigenvalue weighted by atomic mass is 19.1. The summed E-state index contributed by atoms with van der Waals surface area (Å²) in [5.74, 6) is -1.57. The minimum atomic E-state index is -2.11. The van der Waals surface area contributed by atoms with Crippen molar-refractivity contribution in [3.8, 4) is 6.07 Å². The molecule has 3 rings (SSSR count).